The molecule has 7 heteroatoms. The second-order valence-electron chi connectivity index (χ2n) is 4.20. The van der Waals surface area contributed by atoms with E-state index in [4.69, 9.17) is 22.1 Å². The van der Waals surface area contributed by atoms with E-state index in [0.29, 0.717) is 30.2 Å². The predicted molar refractivity (Wildman–Crippen MR) is 72.2 cm³/mol. The van der Waals surface area contributed by atoms with Crippen LogP contribution in [-0.2, 0) is 6.54 Å². The Bertz CT molecular complexity index is 649. The van der Waals surface area contributed by atoms with Gasteiger partial charge in [0.15, 0.2) is 0 Å². The summed E-state index contributed by atoms with van der Waals surface area (Å²) in [6.45, 7) is 0.332. The fourth-order valence-electron chi connectivity index (χ4n) is 1.67. The Morgan fingerprint density at radius 1 is 1.25 bits per heavy atom. The number of nitrogens with zero attached hydrogens (tertiary/aromatic N) is 6. The van der Waals surface area contributed by atoms with Gasteiger partial charge in [0, 0.05) is 17.0 Å². The Hall–Kier alpha value is -2.44. The van der Waals surface area contributed by atoms with E-state index in [1.807, 2.05) is 6.07 Å². The maximum absolute atomic E-state index is 9.00. The first kappa shape index (κ1) is 14.0. The Morgan fingerprint density at radius 2 is 2.00 bits per heavy atom. The van der Waals surface area contributed by atoms with Gasteiger partial charge in [-0.25, -0.2) is 0 Å². The maximum atomic E-state index is 9.00. The standard InChI is InChI=1S/C13H11ClN6/c14-12-5-3-11(4-6-12)13-17-19-20(18-13)9-10(8-16)2-1-7-15/h3-6,10H,1-2,9H2/t10-/m1/s1. The van der Waals surface area contributed by atoms with Crippen molar-refractivity contribution in [1.29, 1.82) is 10.5 Å². The summed E-state index contributed by atoms with van der Waals surface area (Å²) in [5.41, 5.74) is 0.811. The molecule has 0 aliphatic rings. The molecular weight excluding hydrogens is 276 g/mol. The SMILES string of the molecule is N#CCC[C@H](C#N)Cn1nnc(-c2ccc(Cl)cc2)n1. The number of tetrazole rings is 1. The van der Waals surface area contributed by atoms with Crippen LogP contribution in [0.2, 0.25) is 5.02 Å². The average Bonchev–Trinajstić information content (AvgIpc) is 2.92. The lowest BCUT2D eigenvalue weighted by Gasteiger charge is -2.03. The molecule has 20 heavy (non-hydrogen) atoms. The largest absolute Gasteiger partial charge is 0.204 e. The molecule has 1 aromatic carbocycles. The highest BCUT2D eigenvalue weighted by Crippen LogP contribution is 2.17. The summed E-state index contributed by atoms with van der Waals surface area (Å²) in [7, 11) is 0. The number of hydrogen-bond acceptors (Lipinski definition) is 5. The van der Waals surface area contributed by atoms with Crippen molar-refractivity contribution in [2.45, 2.75) is 19.4 Å². The minimum atomic E-state index is -0.290. The summed E-state index contributed by atoms with van der Waals surface area (Å²) in [5.74, 6) is 0.195. The zero-order valence-corrected chi connectivity index (χ0v) is 11.3. The molecule has 0 aliphatic heterocycles. The molecule has 0 fully saturated rings. The first-order chi connectivity index (χ1) is 9.72. The summed E-state index contributed by atoms with van der Waals surface area (Å²) in [6, 6.07) is 11.3. The third kappa shape index (κ3) is 3.53. The van der Waals surface area contributed by atoms with Gasteiger partial charge in [-0.2, -0.15) is 15.3 Å². The van der Waals surface area contributed by atoms with Crippen LogP contribution in [0.5, 0.6) is 0 Å². The molecule has 0 spiro atoms. The number of nitriles is 2. The van der Waals surface area contributed by atoms with Gasteiger partial charge < -0.3 is 0 Å². The highest BCUT2D eigenvalue weighted by molar-refractivity contribution is 6.30. The molecule has 100 valence electrons. The van der Waals surface area contributed by atoms with Crippen LogP contribution >= 0.6 is 11.6 Å². The van der Waals surface area contributed by atoms with Gasteiger partial charge in [-0.05, 0) is 35.9 Å². The fraction of sp³-hybridized carbons (Fsp3) is 0.308. The summed E-state index contributed by atoms with van der Waals surface area (Å²) < 4.78 is 0. The van der Waals surface area contributed by atoms with Gasteiger partial charge >= 0.3 is 0 Å². The van der Waals surface area contributed by atoms with E-state index >= 15 is 0 Å². The van der Waals surface area contributed by atoms with E-state index in [2.05, 4.69) is 21.5 Å². The second-order valence-corrected chi connectivity index (χ2v) is 4.63. The number of halogens is 1. The zero-order chi connectivity index (χ0) is 14.4. The predicted octanol–water partition coefficient (Wildman–Crippen LogP) is 2.44. The van der Waals surface area contributed by atoms with Crippen molar-refractivity contribution < 1.29 is 0 Å². The normalized spacial score (nSPS) is 11.6. The Kier molecular flexibility index (Phi) is 4.65. The van der Waals surface area contributed by atoms with Crippen LogP contribution in [-0.4, -0.2) is 20.2 Å². The number of aromatic nitrogens is 4. The van der Waals surface area contributed by atoms with Gasteiger partial charge in [-0.15, -0.1) is 10.2 Å². The van der Waals surface area contributed by atoms with Crippen molar-refractivity contribution in [2.75, 3.05) is 0 Å². The molecule has 0 saturated heterocycles. The molecule has 6 nitrogen and oxygen atoms in total. The van der Waals surface area contributed by atoms with Gasteiger partial charge in [0.05, 0.1) is 24.6 Å². The van der Waals surface area contributed by atoms with Crippen molar-refractivity contribution in [3.8, 4) is 23.5 Å². The zero-order valence-electron chi connectivity index (χ0n) is 10.6. The fourth-order valence-corrected chi connectivity index (χ4v) is 1.79. The quantitative estimate of drug-likeness (QED) is 0.842. The van der Waals surface area contributed by atoms with Crippen LogP contribution in [0.15, 0.2) is 24.3 Å². The summed E-state index contributed by atoms with van der Waals surface area (Å²) in [5, 5.41) is 30.3. The topological polar surface area (TPSA) is 91.2 Å². The second kappa shape index (κ2) is 6.65. The van der Waals surface area contributed by atoms with E-state index in [1.54, 1.807) is 24.3 Å². The average molecular weight is 287 g/mol. The molecule has 2 rings (SSSR count). The molecule has 1 atom stereocenters. The molecule has 0 radical (unpaired) electrons. The Balaban J connectivity index is 2.07. The van der Waals surface area contributed by atoms with Crippen molar-refractivity contribution in [2.24, 2.45) is 5.92 Å². The molecular formula is C13H11ClN6. The maximum Gasteiger partial charge on any atom is 0.204 e. The summed E-state index contributed by atoms with van der Waals surface area (Å²) in [4.78, 5) is 1.38. The Labute approximate surface area is 121 Å². The van der Waals surface area contributed by atoms with Crippen LogP contribution in [0.4, 0.5) is 0 Å². The van der Waals surface area contributed by atoms with E-state index in [9.17, 15) is 0 Å². The van der Waals surface area contributed by atoms with E-state index in [0.717, 1.165) is 5.56 Å². The van der Waals surface area contributed by atoms with Crippen LogP contribution in [0.1, 0.15) is 12.8 Å². The summed E-state index contributed by atoms with van der Waals surface area (Å²) >= 11 is 5.82. The van der Waals surface area contributed by atoms with Crippen LogP contribution in [0, 0.1) is 28.6 Å². The molecule has 0 bridgehead atoms. The van der Waals surface area contributed by atoms with E-state index < -0.39 is 0 Å². The lowest BCUT2D eigenvalue weighted by Crippen LogP contribution is -2.12. The van der Waals surface area contributed by atoms with Gasteiger partial charge in [0.2, 0.25) is 5.82 Å². The van der Waals surface area contributed by atoms with Crippen LogP contribution < -0.4 is 0 Å². The summed E-state index contributed by atoms with van der Waals surface area (Å²) in [6.07, 6.45) is 0.849. The van der Waals surface area contributed by atoms with E-state index in [1.165, 1.54) is 4.80 Å². The van der Waals surface area contributed by atoms with Gasteiger partial charge in [0.25, 0.3) is 0 Å². The molecule has 0 unspecified atom stereocenters. The molecule has 0 N–H and O–H groups in total. The lowest BCUT2D eigenvalue weighted by molar-refractivity contribution is 0.427. The third-order valence-electron chi connectivity index (χ3n) is 2.73. The van der Waals surface area contributed by atoms with Crippen LogP contribution in [0.3, 0.4) is 0 Å². The number of benzene rings is 1. The van der Waals surface area contributed by atoms with Crippen molar-refractivity contribution in [3.63, 3.8) is 0 Å². The molecule has 0 aliphatic carbocycles. The molecule has 0 amide bonds. The first-order valence-corrected chi connectivity index (χ1v) is 6.41. The number of rotatable bonds is 5. The minimum absolute atomic E-state index is 0.290. The van der Waals surface area contributed by atoms with Crippen molar-refractivity contribution in [1.82, 2.24) is 20.2 Å². The monoisotopic (exact) mass is 286 g/mol. The third-order valence-corrected chi connectivity index (χ3v) is 2.98. The molecule has 1 heterocycles. The lowest BCUT2D eigenvalue weighted by atomic mass is 10.1. The van der Waals surface area contributed by atoms with Gasteiger partial charge in [-0.1, -0.05) is 11.6 Å². The van der Waals surface area contributed by atoms with E-state index in [-0.39, 0.29) is 5.92 Å². The van der Waals surface area contributed by atoms with Gasteiger partial charge in [0.1, 0.15) is 0 Å². The van der Waals surface area contributed by atoms with Crippen molar-refractivity contribution in [3.05, 3.63) is 29.3 Å². The number of hydrogen-bond donors (Lipinski definition) is 0. The molecule has 0 saturated carbocycles. The van der Waals surface area contributed by atoms with Gasteiger partial charge in [-0.3, -0.25) is 0 Å². The van der Waals surface area contributed by atoms with Crippen LogP contribution in [0.25, 0.3) is 11.4 Å². The molecule has 1 aromatic heterocycles. The minimum Gasteiger partial charge on any atom is -0.198 e. The Morgan fingerprint density at radius 3 is 2.65 bits per heavy atom. The smallest absolute Gasteiger partial charge is 0.198 e. The highest BCUT2D eigenvalue weighted by Gasteiger charge is 2.12. The van der Waals surface area contributed by atoms with Crippen molar-refractivity contribution >= 4 is 11.6 Å². The highest BCUT2D eigenvalue weighted by atomic mass is 35.5. The first-order valence-electron chi connectivity index (χ1n) is 6.03. The molecule has 2 aromatic rings.